The van der Waals surface area contributed by atoms with Crippen LogP contribution in [-0.4, -0.2) is 64.4 Å². The molecule has 0 radical (unpaired) electrons. The van der Waals surface area contributed by atoms with Gasteiger partial charge in [-0.2, -0.15) is 5.26 Å². The average molecular weight is 587 g/mol. The third kappa shape index (κ3) is 7.34. The summed E-state index contributed by atoms with van der Waals surface area (Å²) in [6.45, 7) is 6.25. The first kappa shape index (κ1) is 31.1. The van der Waals surface area contributed by atoms with Gasteiger partial charge in [-0.1, -0.05) is 24.3 Å². The molecule has 0 bridgehead atoms. The molecule has 1 fully saturated rings. The Hall–Kier alpha value is -4.82. The molecule has 0 saturated carbocycles. The highest BCUT2D eigenvalue weighted by atomic mass is 16.5. The molecule has 4 N–H and O–H groups in total. The van der Waals surface area contributed by atoms with Gasteiger partial charge in [0.15, 0.2) is 0 Å². The first-order chi connectivity index (χ1) is 20.8. The third-order valence-corrected chi connectivity index (χ3v) is 7.75. The predicted octanol–water partition coefficient (Wildman–Crippen LogP) is 3.52. The number of urea groups is 1. The van der Waals surface area contributed by atoms with E-state index in [2.05, 4.69) is 32.2 Å². The van der Waals surface area contributed by atoms with E-state index in [4.69, 9.17) is 9.47 Å². The lowest BCUT2D eigenvalue weighted by molar-refractivity contribution is -0.137. The number of benzene rings is 2. The lowest BCUT2D eigenvalue weighted by Gasteiger charge is -2.34. The van der Waals surface area contributed by atoms with Crippen molar-refractivity contribution in [2.45, 2.75) is 38.6 Å². The molecule has 4 rings (SSSR count). The zero-order chi connectivity index (χ0) is 30.9. The number of dihydropyridines is 1. The van der Waals surface area contributed by atoms with Crippen molar-refractivity contribution >= 4 is 29.3 Å². The van der Waals surface area contributed by atoms with E-state index in [9.17, 15) is 19.6 Å². The molecule has 226 valence electrons. The van der Waals surface area contributed by atoms with Crippen LogP contribution in [0.3, 0.4) is 0 Å². The number of anilines is 2. The number of carbonyl (C=O) groups excluding carboxylic acids is 3. The van der Waals surface area contributed by atoms with Crippen LogP contribution in [0.2, 0.25) is 0 Å². The van der Waals surface area contributed by atoms with Crippen LogP contribution in [0.5, 0.6) is 0 Å². The third-order valence-electron chi connectivity index (χ3n) is 7.75. The molecular formula is C32H38N6O5. The van der Waals surface area contributed by atoms with Crippen LogP contribution in [0.15, 0.2) is 71.1 Å². The van der Waals surface area contributed by atoms with E-state index in [1.807, 2.05) is 24.3 Å². The highest BCUT2D eigenvalue weighted by molar-refractivity contribution is 6.00. The highest BCUT2D eigenvalue weighted by Crippen LogP contribution is 2.39. The number of rotatable bonds is 9. The predicted molar refractivity (Wildman–Crippen MR) is 163 cm³/mol. The molecular weight excluding hydrogens is 548 g/mol. The number of hydrogen-bond acceptors (Lipinski definition) is 9. The van der Waals surface area contributed by atoms with Gasteiger partial charge in [-0.3, -0.25) is 0 Å². The van der Waals surface area contributed by atoms with Gasteiger partial charge in [0.1, 0.15) is 6.07 Å². The van der Waals surface area contributed by atoms with Crippen molar-refractivity contribution in [2.75, 3.05) is 50.6 Å². The van der Waals surface area contributed by atoms with Crippen LogP contribution in [0.1, 0.15) is 43.7 Å². The van der Waals surface area contributed by atoms with Gasteiger partial charge in [0.2, 0.25) is 0 Å². The fraction of sp³-hybridized carbons (Fsp3) is 0.375. The van der Waals surface area contributed by atoms with Crippen molar-refractivity contribution in [3.8, 4) is 6.07 Å². The number of allylic oxidation sites excluding steroid dienone is 2. The maximum absolute atomic E-state index is 12.8. The summed E-state index contributed by atoms with van der Waals surface area (Å²) in [4.78, 5) is 40.5. The summed E-state index contributed by atoms with van der Waals surface area (Å²) in [7, 11) is 2.58. The number of amides is 2. The number of nitrogens with zero attached hydrogens (tertiary/aromatic N) is 2. The Morgan fingerprint density at radius 2 is 1.60 bits per heavy atom. The summed E-state index contributed by atoms with van der Waals surface area (Å²) in [5.74, 6) is -1.87. The van der Waals surface area contributed by atoms with E-state index in [-0.39, 0.29) is 6.03 Å². The summed E-state index contributed by atoms with van der Waals surface area (Å²) in [5, 5.41) is 21.7. The molecule has 0 unspecified atom stereocenters. The standard InChI is InChI=1S/C32H38N6O5/c1-20-27(30(39)42-3)29(28(21(2)36-20)31(40)43-4)22-9-7-10-25(18-22)37-32(41)35-15-14-34-24-12-16-38(17-13-24)26-11-6-5-8-23(26)19-33/h5-11,18,24,29,34,36H,12-17H2,1-4H3,(H2,35,37,41). The van der Waals surface area contributed by atoms with E-state index >= 15 is 0 Å². The minimum absolute atomic E-state index is 0.293. The largest absolute Gasteiger partial charge is 0.466 e. The Bertz CT molecular complexity index is 1430. The Kier molecular flexibility index (Phi) is 10.4. The minimum atomic E-state index is -0.741. The van der Waals surface area contributed by atoms with Gasteiger partial charge < -0.3 is 35.6 Å². The second kappa shape index (κ2) is 14.4. The summed E-state index contributed by atoms with van der Waals surface area (Å²) >= 11 is 0. The summed E-state index contributed by atoms with van der Waals surface area (Å²) in [5.41, 5.74) is 4.54. The molecule has 2 aromatic rings. The lowest BCUT2D eigenvalue weighted by atomic mass is 9.80. The lowest BCUT2D eigenvalue weighted by Crippen LogP contribution is -2.45. The molecule has 43 heavy (non-hydrogen) atoms. The highest BCUT2D eigenvalue weighted by Gasteiger charge is 2.37. The van der Waals surface area contributed by atoms with Gasteiger partial charge >= 0.3 is 18.0 Å². The monoisotopic (exact) mass is 586 g/mol. The number of methoxy groups -OCH3 is 2. The molecule has 1 saturated heterocycles. The fourth-order valence-corrected chi connectivity index (χ4v) is 5.68. The van der Waals surface area contributed by atoms with Crippen LogP contribution in [0.25, 0.3) is 0 Å². The molecule has 2 aliphatic rings. The number of nitriles is 1. The van der Waals surface area contributed by atoms with Crippen molar-refractivity contribution in [3.63, 3.8) is 0 Å². The Labute approximate surface area is 251 Å². The summed E-state index contributed by atoms with van der Waals surface area (Å²) in [6.07, 6.45) is 1.89. The molecule has 0 aliphatic carbocycles. The molecule has 2 aromatic carbocycles. The summed E-state index contributed by atoms with van der Waals surface area (Å²) in [6, 6.07) is 16.9. The number of esters is 2. The van der Waals surface area contributed by atoms with Crippen LogP contribution in [0, 0.1) is 11.3 Å². The molecule has 0 atom stereocenters. The van der Waals surface area contributed by atoms with Crippen LogP contribution < -0.4 is 26.2 Å². The topological polar surface area (TPSA) is 145 Å². The van der Waals surface area contributed by atoms with Gasteiger partial charge in [0, 0.05) is 49.3 Å². The Balaban J connectivity index is 1.32. The van der Waals surface area contributed by atoms with Gasteiger partial charge in [-0.05, 0) is 56.5 Å². The van der Waals surface area contributed by atoms with E-state index in [1.165, 1.54) is 14.2 Å². The van der Waals surface area contributed by atoms with E-state index in [0.29, 0.717) is 58.5 Å². The van der Waals surface area contributed by atoms with E-state index in [1.54, 1.807) is 38.1 Å². The Morgan fingerprint density at radius 3 is 2.23 bits per heavy atom. The maximum atomic E-state index is 12.8. The number of piperidine rings is 1. The molecule has 2 aliphatic heterocycles. The number of carbonyl (C=O) groups is 3. The number of nitrogens with one attached hydrogen (secondary N) is 4. The molecule has 0 aromatic heterocycles. The second-order valence-corrected chi connectivity index (χ2v) is 10.5. The zero-order valence-electron chi connectivity index (χ0n) is 25.0. The van der Waals surface area contributed by atoms with Gasteiger partial charge in [0.05, 0.1) is 42.5 Å². The molecule has 2 amide bonds. The van der Waals surface area contributed by atoms with Gasteiger partial charge in [-0.25, -0.2) is 14.4 Å². The summed E-state index contributed by atoms with van der Waals surface area (Å²) < 4.78 is 10.1. The SMILES string of the molecule is COC(=O)C1=C(C)NC(C)=C(C(=O)OC)C1c1cccc(NC(=O)NCCNC2CCN(c3ccccc3C#N)CC2)c1. The maximum Gasteiger partial charge on any atom is 0.336 e. The smallest absolute Gasteiger partial charge is 0.336 e. The molecule has 11 heteroatoms. The van der Waals surface area contributed by atoms with Crippen molar-refractivity contribution < 1.29 is 23.9 Å². The minimum Gasteiger partial charge on any atom is -0.466 e. The Morgan fingerprint density at radius 1 is 0.953 bits per heavy atom. The zero-order valence-corrected chi connectivity index (χ0v) is 25.0. The van der Waals surface area contributed by atoms with E-state index < -0.39 is 17.9 Å². The second-order valence-electron chi connectivity index (χ2n) is 10.5. The van der Waals surface area contributed by atoms with Crippen LogP contribution >= 0.6 is 0 Å². The number of ether oxygens (including phenoxy) is 2. The fourth-order valence-electron chi connectivity index (χ4n) is 5.68. The number of hydrogen-bond donors (Lipinski definition) is 4. The molecule has 2 heterocycles. The van der Waals surface area contributed by atoms with Crippen molar-refractivity contribution in [2.24, 2.45) is 0 Å². The van der Waals surface area contributed by atoms with Crippen molar-refractivity contribution in [1.29, 1.82) is 5.26 Å². The van der Waals surface area contributed by atoms with E-state index in [0.717, 1.165) is 31.6 Å². The molecule has 11 nitrogen and oxygen atoms in total. The quantitative estimate of drug-likeness (QED) is 0.256. The van der Waals surface area contributed by atoms with Gasteiger partial charge in [0.25, 0.3) is 0 Å². The number of para-hydroxylation sites is 1. The van der Waals surface area contributed by atoms with Crippen LogP contribution in [-0.2, 0) is 19.1 Å². The van der Waals surface area contributed by atoms with Crippen LogP contribution in [0.4, 0.5) is 16.2 Å². The first-order valence-electron chi connectivity index (χ1n) is 14.2. The average Bonchev–Trinajstić information content (AvgIpc) is 3.02. The first-order valence-corrected chi connectivity index (χ1v) is 14.2. The van der Waals surface area contributed by atoms with Crippen molar-refractivity contribution in [3.05, 3.63) is 82.2 Å². The van der Waals surface area contributed by atoms with Gasteiger partial charge in [-0.15, -0.1) is 0 Å². The normalized spacial score (nSPS) is 15.8. The molecule has 0 spiro atoms. The van der Waals surface area contributed by atoms with Crippen molar-refractivity contribution in [1.82, 2.24) is 16.0 Å².